The summed E-state index contributed by atoms with van der Waals surface area (Å²) in [7, 11) is 0. The van der Waals surface area contributed by atoms with E-state index >= 15 is 0 Å². The summed E-state index contributed by atoms with van der Waals surface area (Å²) >= 11 is 2.06. The molecule has 4 nitrogen and oxygen atoms in total. The first-order chi connectivity index (χ1) is 9.65. The van der Waals surface area contributed by atoms with Crippen LogP contribution in [0.25, 0.3) is 0 Å². The number of amides is 1. The molecule has 108 valence electrons. The van der Waals surface area contributed by atoms with Crippen LogP contribution in [0.2, 0.25) is 0 Å². The number of esters is 1. The number of ether oxygens (including phenoxy) is 1. The Balaban J connectivity index is 2.25. The molecule has 1 aromatic rings. The van der Waals surface area contributed by atoms with E-state index in [1.165, 1.54) is 6.42 Å². The monoisotopic (exact) mass is 387 g/mol. The summed E-state index contributed by atoms with van der Waals surface area (Å²) in [6, 6.07) is 5.22. The van der Waals surface area contributed by atoms with Gasteiger partial charge in [-0.15, -0.1) is 0 Å². The van der Waals surface area contributed by atoms with Crippen LogP contribution in [0.3, 0.4) is 0 Å². The van der Waals surface area contributed by atoms with Crippen LogP contribution in [0.5, 0.6) is 0 Å². The summed E-state index contributed by atoms with van der Waals surface area (Å²) in [5.74, 6) is -0.356. The van der Waals surface area contributed by atoms with Gasteiger partial charge in [-0.1, -0.05) is 6.07 Å². The van der Waals surface area contributed by atoms with Crippen molar-refractivity contribution in [1.82, 2.24) is 4.90 Å². The van der Waals surface area contributed by atoms with E-state index in [1.54, 1.807) is 25.1 Å². The minimum atomic E-state index is -0.370. The van der Waals surface area contributed by atoms with E-state index in [0.29, 0.717) is 21.3 Å². The lowest BCUT2D eigenvalue weighted by atomic mass is 10.1. The molecule has 0 N–H and O–H groups in total. The molecule has 1 fully saturated rings. The van der Waals surface area contributed by atoms with Gasteiger partial charge in [0.25, 0.3) is 5.91 Å². The summed E-state index contributed by atoms with van der Waals surface area (Å²) in [6.07, 6.45) is 3.30. The summed E-state index contributed by atoms with van der Waals surface area (Å²) in [5.41, 5.74) is 1.06. The third-order valence-electron chi connectivity index (χ3n) is 3.37. The van der Waals surface area contributed by atoms with Crippen molar-refractivity contribution in [3.05, 3.63) is 32.9 Å². The molecular weight excluding hydrogens is 369 g/mol. The van der Waals surface area contributed by atoms with Gasteiger partial charge in [0.2, 0.25) is 0 Å². The highest BCUT2D eigenvalue weighted by Crippen LogP contribution is 2.21. The van der Waals surface area contributed by atoms with Crippen molar-refractivity contribution in [3.8, 4) is 0 Å². The lowest BCUT2D eigenvalue weighted by molar-refractivity contribution is 0.0525. The Kier molecular flexibility index (Phi) is 5.39. The van der Waals surface area contributed by atoms with Crippen LogP contribution in [-0.2, 0) is 4.74 Å². The second kappa shape index (κ2) is 7.06. The highest BCUT2D eigenvalue weighted by molar-refractivity contribution is 14.1. The minimum Gasteiger partial charge on any atom is -0.462 e. The Bertz CT molecular complexity index is 510. The molecule has 1 saturated heterocycles. The Morgan fingerprint density at radius 3 is 2.50 bits per heavy atom. The molecule has 1 amide bonds. The van der Waals surface area contributed by atoms with Gasteiger partial charge in [-0.2, -0.15) is 0 Å². The molecule has 0 spiro atoms. The molecule has 0 saturated carbocycles. The normalized spacial score (nSPS) is 15.0. The molecule has 1 aliphatic heterocycles. The van der Waals surface area contributed by atoms with Gasteiger partial charge in [-0.3, -0.25) is 4.79 Å². The number of piperidine rings is 1. The van der Waals surface area contributed by atoms with E-state index in [2.05, 4.69) is 22.6 Å². The van der Waals surface area contributed by atoms with E-state index in [0.717, 1.165) is 25.9 Å². The zero-order valence-electron chi connectivity index (χ0n) is 11.5. The van der Waals surface area contributed by atoms with Crippen LogP contribution in [-0.4, -0.2) is 36.5 Å². The molecule has 1 heterocycles. The molecule has 0 bridgehead atoms. The SMILES string of the molecule is CCOC(=O)c1cccc(C(=O)N2CCCCC2)c1I. The number of hydrogen-bond acceptors (Lipinski definition) is 3. The minimum absolute atomic E-state index is 0.0141. The van der Waals surface area contributed by atoms with Crippen LogP contribution >= 0.6 is 22.6 Å². The number of likely N-dealkylation sites (tertiary alicyclic amines) is 1. The van der Waals surface area contributed by atoms with E-state index in [9.17, 15) is 9.59 Å². The number of nitrogens with zero attached hydrogens (tertiary/aromatic N) is 1. The molecule has 1 aliphatic rings. The standard InChI is InChI=1S/C15H18INO3/c1-2-20-15(19)12-8-6-7-11(13(12)16)14(18)17-9-4-3-5-10-17/h6-8H,2-5,9-10H2,1H3. The Hall–Kier alpha value is -1.11. The first-order valence-electron chi connectivity index (χ1n) is 6.90. The van der Waals surface area contributed by atoms with Crippen LogP contribution in [0.4, 0.5) is 0 Å². The van der Waals surface area contributed by atoms with E-state index in [-0.39, 0.29) is 11.9 Å². The summed E-state index contributed by atoms with van der Waals surface area (Å²) in [6.45, 7) is 3.71. The summed E-state index contributed by atoms with van der Waals surface area (Å²) in [4.78, 5) is 26.3. The fraction of sp³-hybridized carbons (Fsp3) is 0.467. The van der Waals surface area contributed by atoms with Crippen LogP contribution < -0.4 is 0 Å². The first-order valence-corrected chi connectivity index (χ1v) is 7.98. The van der Waals surface area contributed by atoms with Crippen molar-refractivity contribution >= 4 is 34.5 Å². The lowest BCUT2D eigenvalue weighted by Gasteiger charge is -2.27. The van der Waals surface area contributed by atoms with E-state index < -0.39 is 0 Å². The number of hydrogen-bond donors (Lipinski definition) is 0. The van der Waals surface area contributed by atoms with Gasteiger partial charge in [-0.25, -0.2) is 4.79 Å². The van der Waals surface area contributed by atoms with Gasteiger partial charge in [-0.05, 0) is 60.9 Å². The Labute approximate surface area is 132 Å². The third-order valence-corrected chi connectivity index (χ3v) is 4.53. The van der Waals surface area contributed by atoms with Crippen molar-refractivity contribution in [1.29, 1.82) is 0 Å². The third kappa shape index (κ3) is 3.31. The molecular formula is C15H18INO3. The number of carbonyl (C=O) groups excluding carboxylic acids is 2. The predicted octanol–water partition coefficient (Wildman–Crippen LogP) is 3.09. The number of rotatable bonds is 3. The quantitative estimate of drug-likeness (QED) is 0.592. The fourth-order valence-electron chi connectivity index (χ4n) is 2.33. The van der Waals surface area contributed by atoms with Crippen LogP contribution in [0.1, 0.15) is 46.9 Å². The van der Waals surface area contributed by atoms with E-state index in [1.807, 2.05) is 4.90 Å². The van der Waals surface area contributed by atoms with Crippen molar-refractivity contribution in [3.63, 3.8) is 0 Å². The van der Waals surface area contributed by atoms with Gasteiger partial charge in [0, 0.05) is 16.7 Å². The van der Waals surface area contributed by atoms with Gasteiger partial charge in [0.1, 0.15) is 0 Å². The maximum atomic E-state index is 12.5. The van der Waals surface area contributed by atoms with E-state index in [4.69, 9.17) is 4.74 Å². The molecule has 20 heavy (non-hydrogen) atoms. The second-order valence-electron chi connectivity index (χ2n) is 4.74. The van der Waals surface area contributed by atoms with Gasteiger partial charge < -0.3 is 9.64 Å². The summed E-state index contributed by atoms with van der Waals surface area (Å²) in [5, 5.41) is 0. The van der Waals surface area contributed by atoms with Gasteiger partial charge in [0.05, 0.1) is 17.7 Å². The van der Waals surface area contributed by atoms with Crippen molar-refractivity contribution in [2.24, 2.45) is 0 Å². The highest BCUT2D eigenvalue weighted by Gasteiger charge is 2.23. The molecule has 0 unspecified atom stereocenters. The number of benzene rings is 1. The maximum absolute atomic E-state index is 12.5. The highest BCUT2D eigenvalue weighted by atomic mass is 127. The van der Waals surface area contributed by atoms with Crippen LogP contribution in [0.15, 0.2) is 18.2 Å². The van der Waals surface area contributed by atoms with Crippen molar-refractivity contribution in [2.45, 2.75) is 26.2 Å². The Morgan fingerprint density at radius 2 is 1.85 bits per heavy atom. The van der Waals surface area contributed by atoms with Gasteiger partial charge >= 0.3 is 5.97 Å². The largest absolute Gasteiger partial charge is 0.462 e. The molecule has 0 atom stereocenters. The average Bonchev–Trinajstić information content (AvgIpc) is 2.48. The molecule has 0 aromatic heterocycles. The van der Waals surface area contributed by atoms with Gasteiger partial charge in [0.15, 0.2) is 0 Å². The fourth-order valence-corrected chi connectivity index (χ4v) is 3.14. The first kappa shape index (κ1) is 15.3. The van der Waals surface area contributed by atoms with Crippen LogP contribution in [0, 0.1) is 3.57 Å². The predicted molar refractivity (Wildman–Crippen MR) is 84.9 cm³/mol. The number of halogens is 1. The molecule has 0 radical (unpaired) electrons. The smallest absolute Gasteiger partial charge is 0.339 e. The Morgan fingerprint density at radius 1 is 1.20 bits per heavy atom. The molecule has 1 aromatic carbocycles. The topological polar surface area (TPSA) is 46.6 Å². The lowest BCUT2D eigenvalue weighted by Crippen LogP contribution is -2.36. The second-order valence-corrected chi connectivity index (χ2v) is 5.82. The zero-order valence-corrected chi connectivity index (χ0v) is 13.7. The summed E-state index contributed by atoms with van der Waals surface area (Å²) < 4.78 is 5.70. The molecule has 0 aliphatic carbocycles. The molecule has 5 heteroatoms. The molecule has 2 rings (SSSR count). The number of carbonyl (C=O) groups is 2. The van der Waals surface area contributed by atoms with Crippen molar-refractivity contribution < 1.29 is 14.3 Å². The maximum Gasteiger partial charge on any atom is 0.339 e. The average molecular weight is 387 g/mol. The zero-order chi connectivity index (χ0) is 14.5. The van der Waals surface area contributed by atoms with Crippen molar-refractivity contribution in [2.75, 3.05) is 19.7 Å².